The fraction of sp³-hybridized carbons (Fsp3) is 0. The molecule has 0 bridgehead atoms. The highest BCUT2D eigenvalue weighted by Gasteiger charge is 2.02. The van der Waals surface area contributed by atoms with Crippen molar-refractivity contribution in [2.75, 3.05) is 5.73 Å². The fourth-order valence-corrected chi connectivity index (χ4v) is 2.40. The Hall–Kier alpha value is -2.09. The molecule has 0 saturated heterocycles. The molecule has 5 heteroatoms. The SMILES string of the molecule is Nc1nc2ccc(C#Cc3ccc(Cl)cc3)nc2s1. The Kier molecular flexibility index (Phi) is 3.08. The molecule has 0 aliphatic heterocycles. The van der Waals surface area contributed by atoms with Gasteiger partial charge in [-0.3, -0.25) is 0 Å². The van der Waals surface area contributed by atoms with E-state index in [2.05, 4.69) is 21.8 Å². The molecule has 3 nitrogen and oxygen atoms in total. The van der Waals surface area contributed by atoms with Crippen molar-refractivity contribution in [2.24, 2.45) is 0 Å². The smallest absolute Gasteiger partial charge is 0.182 e. The molecule has 0 radical (unpaired) electrons. The summed E-state index contributed by atoms with van der Waals surface area (Å²) in [5.74, 6) is 6.06. The van der Waals surface area contributed by atoms with Gasteiger partial charge in [0.1, 0.15) is 16.0 Å². The van der Waals surface area contributed by atoms with E-state index in [1.165, 1.54) is 11.3 Å². The van der Waals surface area contributed by atoms with Crippen LogP contribution in [0.5, 0.6) is 0 Å². The third kappa shape index (κ3) is 2.68. The normalized spacial score (nSPS) is 10.2. The van der Waals surface area contributed by atoms with Crippen molar-refractivity contribution >= 4 is 38.4 Å². The van der Waals surface area contributed by atoms with Crippen LogP contribution in [0.15, 0.2) is 36.4 Å². The summed E-state index contributed by atoms with van der Waals surface area (Å²) in [6.07, 6.45) is 0. The van der Waals surface area contributed by atoms with Crippen LogP contribution in [-0.2, 0) is 0 Å². The molecule has 3 aromatic rings. The molecule has 2 N–H and O–H groups in total. The van der Waals surface area contributed by atoms with E-state index in [-0.39, 0.29) is 0 Å². The summed E-state index contributed by atoms with van der Waals surface area (Å²) >= 11 is 7.18. The average molecular weight is 286 g/mol. The molecule has 0 amide bonds. The molecule has 0 atom stereocenters. The molecular weight excluding hydrogens is 278 g/mol. The second kappa shape index (κ2) is 4.88. The summed E-state index contributed by atoms with van der Waals surface area (Å²) in [4.78, 5) is 9.36. The lowest BCUT2D eigenvalue weighted by Gasteiger charge is -1.91. The van der Waals surface area contributed by atoms with Gasteiger partial charge in [-0.1, -0.05) is 28.9 Å². The van der Waals surface area contributed by atoms with Gasteiger partial charge in [-0.2, -0.15) is 0 Å². The van der Waals surface area contributed by atoms with Crippen LogP contribution in [0.25, 0.3) is 10.3 Å². The van der Waals surface area contributed by atoms with E-state index in [9.17, 15) is 0 Å². The molecular formula is C14H8ClN3S. The molecule has 0 fully saturated rings. The van der Waals surface area contributed by atoms with Crippen molar-refractivity contribution in [3.63, 3.8) is 0 Å². The van der Waals surface area contributed by atoms with Gasteiger partial charge in [-0.05, 0) is 42.3 Å². The average Bonchev–Trinajstić information content (AvgIpc) is 2.77. The van der Waals surface area contributed by atoms with Crippen molar-refractivity contribution in [3.05, 3.63) is 52.7 Å². The van der Waals surface area contributed by atoms with Crippen LogP contribution in [0, 0.1) is 11.8 Å². The Morgan fingerprint density at radius 3 is 2.58 bits per heavy atom. The minimum Gasteiger partial charge on any atom is -0.375 e. The van der Waals surface area contributed by atoms with E-state index in [1.807, 2.05) is 36.4 Å². The van der Waals surface area contributed by atoms with Crippen LogP contribution < -0.4 is 5.73 Å². The molecule has 92 valence electrons. The first kappa shape index (κ1) is 12.0. The number of thiazole rings is 1. The zero-order chi connectivity index (χ0) is 13.2. The quantitative estimate of drug-likeness (QED) is 0.645. The van der Waals surface area contributed by atoms with E-state index in [1.54, 1.807) is 0 Å². The zero-order valence-electron chi connectivity index (χ0n) is 9.72. The van der Waals surface area contributed by atoms with Gasteiger partial charge >= 0.3 is 0 Å². The van der Waals surface area contributed by atoms with Gasteiger partial charge < -0.3 is 5.73 Å². The van der Waals surface area contributed by atoms with Crippen molar-refractivity contribution in [3.8, 4) is 11.8 Å². The minimum atomic E-state index is 0.519. The van der Waals surface area contributed by atoms with Gasteiger partial charge in [-0.25, -0.2) is 9.97 Å². The molecule has 1 aromatic carbocycles. The van der Waals surface area contributed by atoms with Crippen LogP contribution in [-0.4, -0.2) is 9.97 Å². The summed E-state index contributed by atoms with van der Waals surface area (Å²) in [5.41, 5.74) is 8.04. The number of aromatic nitrogens is 2. The number of fused-ring (bicyclic) bond motifs is 1. The fourth-order valence-electron chi connectivity index (χ4n) is 1.57. The van der Waals surface area contributed by atoms with Gasteiger partial charge in [0.05, 0.1) is 0 Å². The van der Waals surface area contributed by atoms with Crippen LogP contribution >= 0.6 is 22.9 Å². The number of nitrogen functional groups attached to an aromatic ring is 1. The van der Waals surface area contributed by atoms with Gasteiger partial charge in [0.25, 0.3) is 0 Å². The number of rotatable bonds is 0. The van der Waals surface area contributed by atoms with Crippen molar-refractivity contribution in [1.82, 2.24) is 9.97 Å². The molecule has 19 heavy (non-hydrogen) atoms. The summed E-state index contributed by atoms with van der Waals surface area (Å²) in [6.45, 7) is 0. The highest BCUT2D eigenvalue weighted by atomic mass is 35.5. The third-order valence-corrected chi connectivity index (χ3v) is 3.50. The number of halogens is 1. The van der Waals surface area contributed by atoms with Crippen molar-refractivity contribution < 1.29 is 0 Å². The van der Waals surface area contributed by atoms with Crippen LogP contribution in [0.3, 0.4) is 0 Å². The molecule has 2 aromatic heterocycles. The number of nitrogens with two attached hydrogens (primary N) is 1. The topological polar surface area (TPSA) is 51.8 Å². The number of benzene rings is 1. The van der Waals surface area contributed by atoms with E-state index in [0.29, 0.717) is 15.8 Å². The Labute approximate surface area is 119 Å². The van der Waals surface area contributed by atoms with Crippen molar-refractivity contribution in [1.29, 1.82) is 0 Å². The highest BCUT2D eigenvalue weighted by molar-refractivity contribution is 7.21. The monoisotopic (exact) mass is 285 g/mol. The molecule has 0 spiro atoms. The first-order chi connectivity index (χ1) is 9.20. The number of pyridine rings is 1. The Balaban J connectivity index is 1.95. The van der Waals surface area contributed by atoms with Gasteiger partial charge in [0.2, 0.25) is 0 Å². The summed E-state index contributed by atoms with van der Waals surface area (Å²) in [5, 5.41) is 1.22. The van der Waals surface area contributed by atoms with Gasteiger partial charge in [-0.15, -0.1) is 0 Å². The zero-order valence-corrected chi connectivity index (χ0v) is 11.3. The van der Waals surface area contributed by atoms with Gasteiger partial charge in [0, 0.05) is 10.6 Å². The lowest BCUT2D eigenvalue weighted by atomic mass is 10.2. The summed E-state index contributed by atoms with van der Waals surface area (Å²) < 4.78 is 0. The standard InChI is InChI=1S/C14H8ClN3S/c15-10-4-1-9(2-5-10)3-6-11-7-8-12-13(17-11)19-14(16)18-12/h1-2,4-5,7-8H,(H2,16,18). The number of hydrogen-bond acceptors (Lipinski definition) is 4. The van der Waals surface area contributed by atoms with E-state index < -0.39 is 0 Å². The number of nitrogens with zero attached hydrogens (tertiary/aromatic N) is 2. The number of hydrogen-bond donors (Lipinski definition) is 1. The molecule has 3 rings (SSSR count). The maximum absolute atomic E-state index is 5.82. The van der Waals surface area contributed by atoms with Crippen LogP contribution in [0.4, 0.5) is 5.13 Å². The highest BCUT2D eigenvalue weighted by Crippen LogP contribution is 2.21. The lowest BCUT2D eigenvalue weighted by molar-refractivity contribution is 1.36. The number of anilines is 1. The van der Waals surface area contributed by atoms with Gasteiger partial charge in [0.15, 0.2) is 5.13 Å². The first-order valence-corrected chi connectivity index (χ1v) is 6.71. The predicted octanol–water partition coefficient (Wildman–Crippen LogP) is 3.33. The Morgan fingerprint density at radius 1 is 1.00 bits per heavy atom. The third-order valence-electron chi connectivity index (χ3n) is 2.45. The van der Waals surface area contributed by atoms with Crippen molar-refractivity contribution in [2.45, 2.75) is 0 Å². The second-order valence-electron chi connectivity index (χ2n) is 3.83. The summed E-state index contributed by atoms with van der Waals surface area (Å²) in [6, 6.07) is 11.1. The summed E-state index contributed by atoms with van der Waals surface area (Å²) in [7, 11) is 0. The molecule has 0 aliphatic carbocycles. The van der Waals surface area contributed by atoms with Crippen LogP contribution in [0.2, 0.25) is 5.02 Å². The van der Waals surface area contributed by atoms with E-state index in [0.717, 1.165) is 15.9 Å². The predicted molar refractivity (Wildman–Crippen MR) is 79.3 cm³/mol. The second-order valence-corrected chi connectivity index (χ2v) is 5.28. The Bertz CT molecular complexity index is 797. The molecule has 0 unspecified atom stereocenters. The molecule has 2 heterocycles. The maximum Gasteiger partial charge on any atom is 0.182 e. The van der Waals surface area contributed by atoms with Crippen LogP contribution in [0.1, 0.15) is 11.3 Å². The van der Waals surface area contributed by atoms with E-state index in [4.69, 9.17) is 17.3 Å². The molecule has 0 saturated carbocycles. The first-order valence-electron chi connectivity index (χ1n) is 5.51. The minimum absolute atomic E-state index is 0.519. The molecule has 0 aliphatic rings. The largest absolute Gasteiger partial charge is 0.375 e. The Morgan fingerprint density at radius 2 is 1.79 bits per heavy atom. The maximum atomic E-state index is 5.82. The van der Waals surface area contributed by atoms with E-state index >= 15 is 0 Å². The lowest BCUT2D eigenvalue weighted by Crippen LogP contribution is -1.82.